The van der Waals surface area contributed by atoms with Crippen LogP contribution in [0.5, 0.6) is 0 Å². The fourth-order valence-corrected chi connectivity index (χ4v) is 2.22. The largest absolute Gasteiger partial charge is 0.324 e. The van der Waals surface area contributed by atoms with Gasteiger partial charge in [0.1, 0.15) is 0 Å². The minimum Gasteiger partial charge on any atom is -0.324 e. The van der Waals surface area contributed by atoms with Crippen LogP contribution in [0.4, 0.5) is 0 Å². The average molecular weight is 228 g/mol. The average Bonchev–Trinajstić information content (AvgIpc) is 2.67. The Kier molecular flexibility index (Phi) is 3.43. The maximum absolute atomic E-state index is 6.03. The minimum absolute atomic E-state index is 0.228. The molecular formula is C15H20N2. The summed E-state index contributed by atoms with van der Waals surface area (Å²) >= 11 is 0. The number of rotatable bonds is 3. The van der Waals surface area contributed by atoms with Gasteiger partial charge in [-0.2, -0.15) is 0 Å². The maximum Gasteiger partial charge on any atom is 0.0597 e. The smallest absolute Gasteiger partial charge is 0.0597 e. The standard InChI is InChI=1S/C15H20N2/c1-10(2)9-17-11(3)12-4-6-14-13(8-12)5-7-15(14)16/h4,6,8,15H,1,5,7,9,16H2,2-3H3. The van der Waals surface area contributed by atoms with Gasteiger partial charge < -0.3 is 5.73 Å². The van der Waals surface area contributed by atoms with Gasteiger partial charge in [-0.3, -0.25) is 4.99 Å². The monoisotopic (exact) mass is 228 g/mol. The van der Waals surface area contributed by atoms with Gasteiger partial charge in [0.25, 0.3) is 0 Å². The normalized spacial score (nSPS) is 19.2. The summed E-state index contributed by atoms with van der Waals surface area (Å²) < 4.78 is 0. The second kappa shape index (κ2) is 4.84. The zero-order chi connectivity index (χ0) is 12.4. The van der Waals surface area contributed by atoms with Crippen LogP contribution in [0.2, 0.25) is 0 Å². The van der Waals surface area contributed by atoms with Crippen LogP contribution in [-0.4, -0.2) is 12.3 Å². The molecule has 90 valence electrons. The molecule has 1 aromatic carbocycles. The van der Waals surface area contributed by atoms with Crippen LogP contribution in [0.1, 0.15) is 43.0 Å². The summed E-state index contributed by atoms with van der Waals surface area (Å²) in [7, 11) is 0. The van der Waals surface area contributed by atoms with E-state index >= 15 is 0 Å². The Morgan fingerprint density at radius 2 is 2.24 bits per heavy atom. The van der Waals surface area contributed by atoms with Crippen molar-refractivity contribution in [3.8, 4) is 0 Å². The molecule has 0 saturated carbocycles. The molecule has 1 aliphatic rings. The lowest BCUT2D eigenvalue weighted by atomic mass is 10.0. The number of aryl methyl sites for hydroxylation is 1. The van der Waals surface area contributed by atoms with E-state index in [1.54, 1.807) is 0 Å². The fraction of sp³-hybridized carbons (Fsp3) is 0.400. The lowest BCUT2D eigenvalue weighted by Crippen LogP contribution is -2.05. The summed E-state index contributed by atoms with van der Waals surface area (Å²) in [6.07, 6.45) is 2.17. The molecule has 0 radical (unpaired) electrons. The molecule has 1 atom stereocenters. The van der Waals surface area contributed by atoms with E-state index in [2.05, 4.69) is 36.7 Å². The summed E-state index contributed by atoms with van der Waals surface area (Å²) in [5, 5.41) is 0. The highest BCUT2D eigenvalue weighted by molar-refractivity contribution is 5.99. The van der Waals surface area contributed by atoms with Crippen LogP contribution >= 0.6 is 0 Å². The molecule has 2 heteroatoms. The van der Waals surface area contributed by atoms with Crippen LogP contribution in [0, 0.1) is 0 Å². The van der Waals surface area contributed by atoms with Gasteiger partial charge in [-0.25, -0.2) is 0 Å². The fourth-order valence-electron chi connectivity index (χ4n) is 2.22. The molecule has 2 N–H and O–H groups in total. The number of nitrogens with two attached hydrogens (primary N) is 1. The third-order valence-corrected chi connectivity index (χ3v) is 3.27. The lowest BCUT2D eigenvalue weighted by molar-refractivity contribution is 0.713. The van der Waals surface area contributed by atoms with Gasteiger partial charge in [-0.05, 0) is 49.4 Å². The number of hydrogen-bond acceptors (Lipinski definition) is 2. The number of hydrogen-bond donors (Lipinski definition) is 1. The Hall–Kier alpha value is -1.41. The Morgan fingerprint density at radius 1 is 1.47 bits per heavy atom. The predicted octanol–water partition coefficient (Wildman–Crippen LogP) is 3.02. The summed E-state index contributed by atoms with van der Waals surface area (Å²) in [6.45, 7) is 8.63. The molecule has 0 fully saturated rings. The van der Waals surface area contributed by atoms with Crippen molar-refractivity contribution in [1.29, 1.82) is 0 Å². The molecule has 0 spiro atoms. The van der Waals surface area contributed by atoms with E-state index in [9.17, 15) is 0 Å². The van der Waals surface area contributed by atoms with Crippen LogP contribution in [0.25, 0.3) is 0 Å². The van der Waals surface area contributed by atoms with Crippen LogP contribution in [-0.2, 0) is 6.42 Å². The van der Waals surface area contributed by atoms with Gasteiger partial charge in [0, 0.05) is 11.8 Å². The van der Waals surface area contributed by atoms with Crippen LogP contribution in [0.3, 0.4) is 0 Å². The van der Waals surface area contributed by atoms with Crippen molar-refractivity contribution < 1.29 is 0 Å². The van der Waals surface area contributed by atoms with E-state index in [1.807, 2.05) is 6.92 Å². The predicted molar refractivity (Wildman–Crippen MR) is 73.6 cm³/mol. The number of fused-ring (bicyclic) bond motifs is 1. The first-order chi connectivity index (χ1) is 8.08. The van der Waals surface area contributed by atoms with E-state index in [1.165, 1.54) is 16.7 Å². The minimum atomic E-state index is 0.228. The molecule has 17 heavy (non-hydrogen) atoms. The van der Waals surface area contributed by atoms with Crippen molar-refractivity contribution in [2.75, 3.05) is 6.54 Å². The number of aliphatic imine (C=N–C) groups is 1. The van der Waals surface area contributed by atoms with E-state index in [0.29, 0.717) is 6.54 Å². The highest BCUT2D eigenvalue weighted by Gasteiger charge is 2.18. The van der Waals surface area contributed by atoms with Crippen LogP contribution in [0.15, 0.2) is 35.3 Å². The van der Waals surface area contributed by atoms with Crippen molar-refractivity contribution in [3.63, 3.8) is 0 Å². The Balaban J connectivity index is 2.23. The van der Waals surface area contributed by atoms with Crippen molar-refractivity contribution in [2.45, 2.75) is 32.7 Å². The molecule has 1 unspecified atom stereocenters. The lowest BCUT2D eigenvalue weighted by Gasteiger charge is -2.07. The Bertz CT molecular complexity index is 472. The molecule has 1 aromatic rings. The van der Waals surface area contributed by atoms with Crippen LogP contribution < -0.4 is 5.73 Å². The maximum atomic E-state index is 6.03. The second-order valence-corrected chi connectivity index (χ2v) is 4.92. The molecule has 1 aliphatic carbocycles. The summed E-state index contributed by atoms with van der Waals surface area (Å²) in [4.78, 5) is 4.52. The highest BCUT2D eigenvalue weighted by atomic mass is 14.7. The van der Waals surface area contributed by atoms with Gasteiger partial charge in [-0.1, -0.05) is 24.3 Å². The molecule has 0 heterocycles. The number of benzene rings is 1. The third-order valence-electron chi connectivity index (χ3n) is 3.27. The van der Waals surface area contributed by atoms with E-state index in [0.717, 1.165) is 24.1 Å². The molecular weight excluding hydrogens is 208 g/mol. The van der Waals surface area contributed by atoms with Gasteiger partial charge in [0.2, 0.25) is 0 Å². The van der Waals surface area contributed by atoms with Crippen molar-refractivity contribution in [1.82, 2.24) is 0 Å². The third kappa shape index (κ3) is 2.64. The topological polar surface area (TPSA) is 38.4 Å². The Morgan fingerprint density at radius 3 is 2.94 bits per heavy atom. The second-order valence-electron chi connectivity index (χ2n) is 4.92. The highest BCUT2D eigenvalue weighted by Crippen LogP contribution is 2.29. The quantitative estimate of drug-likeness (QED) is 0.627. The molecule has 2 nitrogen and oxygen atoms in total. The van der Waals surface area contributed by atoms with Gasteiger partial charge in [-0.15, -0.1) is 0 Å². The first-order valence-corrected chi connectivity index (χ1v) is 6.12. The van der Waals surface area contributed by atoms with E-state index < -0.39 is 0 Å². The summed E-state index contributed by atoms with van der Waals surface area (Å²) in [6, 6.07) is 6.75. The zero-order valence-corrected chi connectivity index (χ0v) is 10.7. The van der Waals surface area contributed by atoms with E-state index in [4.69, 9.17) is 5.73 Å². The first kappa shape index (κ1) is 12.1. The molecule has 0 bridgehead atoms. The zero-order valence-electron chi connectivity index (χ0n) is 10.7. The van der Waals surface area contributed by atoms with Gasteiger partial charge in [0.05, 0.1) is 6.54 Å². The SMILES string of the molecule is C=C(C)CN=C(C)c1ccc2c(c1)CCC2N. The summed E-state index contributed by atoms with van der Waals surface area (Å²) in [5.74, 6) is 0. The summed E-state index contributed by atoms with van der Waals surface area (Å²) in [5.41, 5.74) is 12.1. The van der Waals surface area contributed by atoms with E-state index in [-0.39, 0.29) is 6.04 Å². The molecule has 2 rings (SSSR count). The van der Waals surface area contributed by atoms with Crippen molar-refractivity contribution in [2.24, 2.45) is 10.7 Å². The van der Waals surface area contributed by atoms with Gasteiger partial charge in [0.15, 0.2) is 0 Å². The molecule has 0 aromatic heterocycles. The van der Waals surface area contributed by atoms with Gasteiger partial charge >= 0.3 is 0 Å². The molecule has 0 aliphatic heterocycles. The number of nitrogens with zero attached hydrogens (tertiary/aromatic N) is 1. The molecule has 0 amide bonds. The Labute approximate surface area is 103 Å². The molecule has 0 saturated heterocycles. The van der Waals surface area contributed by atoms with Crippen molar-refractivity contribution >= 4 is 5.71 Å². The first-order valence-electron chi connectivity index (χ1n) is 6.12. The van der Waals surface area contributed by atoms with Crippen molar-refractivity contribution in [3.05, 3.63) is 47.0 Å².